The summed E-state index contributed by atoms with van der Waals surface area (Å²) >= 11 is 0. The SMILES string of the molecule is COC(=O)C(NS(=O)(=O)c1ccc(C)cc1)/C(=C(\[O-])OC)[P+](c1ccccc1)(c1ccccc1)c1ccccc1. The van der Waals surface area contributed by atoms with E-state index >= 15 is 0 Å². The average molecular weight is 576 g/mol. The summed E-state index contributed by atoms with van der Waals surface area (Å²) in [6.45, 7) is 1.84. The van der Waals surface area contributed by atoms with Crippen molar-refractivity contribution in [3.63, 3.8) is 0 Å². The van der Waals surface area contributed by atoms with Crippen LogP contribution in [0.3, 0.4) is 0 Å². The van der Waals surface area contributed by atoms with E-state index in [1.807, 2.05) is 97.9 Å². The van der Waals surface area contributed by atoms with Gasteiger partial charge in [-0.1, -0.05) is 72.3 Å². The standard InChI is InChI=1S/C31H30NO6PS/c1-23-19-21-27(22-20-23)40(35,36)32-28(30(33)37-2)29(31(34)38-3)39(24-13-7-4-8-14-24,25-15-9-5-10-16-25)26-17-11-6-12-18-26/h4-22,28,32H,1-3H3/b31-29-. The van der Waals surface area contributed by atoms with E-state index in [0.29, 0.717) is 0 Å². The molecule has 0 radical (unpaired) electrons. The van der Waals surface area contributed by atoms with Crippen molar-refractivity contribution < 1.29 is 27.8 Å². The van der Waals surface area contributed by atoms with Crippen LogP contribution in [-0.4, -0.2) is 34.6 Å². The van der Waals surface area contributed by atoms with Gasteiger partial charge in [0.05, 0.1) is 18.0 Å². The van der Waals surface area contributed by atoms with Gasteiger partial charge in [-0.25, -0.2) is 13.2 Å². The predicted octanol–water partition coefficient (Wildman–Crippen LogP) is 2.98. The third-order valence-corrected chi connectivity index (χ3v) is 12.3. The van der Waals surface area contributed by atoms with E-state index < -0.39 is 35.2 Å². The van der Waals surface area contributed by atoms with Crippen LogP contribution >= 0.6 is 7.26 Å². The molecule has 0 saturated heterocycles. The molecule has 0 saturated carbocycles. The average Bonchev–Trinajstić information content (AvgIpc) is 2.99. The topological polar surface area (TPSA) is 105 Å². The maximum Gasteiger partial charge on any atom is 0.332 e. The van der Waals surface area contributed by atoms with Crippen molar-refractivity contribution in [2.75, 3.05) is 14.2 Å². The molecule has 0 aliphatic heterocycles. The zero-order valence-electron chi connectivity index (χ0n) is 22.4. The lowest BCUT2D eigenvalue weighted by atomic mass is 10.2. The zero-order valence-corrected chi connectivity index (χ0v) is 24.1. The van der Waals surface area contributed by atoms with Crippen LogP contribution in [0, 0.1) is 6.92 Å². The fourth-order valence-electron chi connectivity index (χ4n) is 4.65. The van der Waals surface area contributed by atoms with Crippen LogP contribution in [0.1, 0.15) is 5.56 Å². The summed E-state index contributed by atoms with van der Waals surface area (Å²) < 4.78 is 40.2. The number of carbonyl (C=O) groups excluding carboxylic acids is 1. The number of hydrogen-bond acceptors (Lipinski definition) is 6. The van der Waals surface area contributed by atoms with Gasteiger partial charge in [0.2, 0.25) is 10.0 Å². The molecule has 0 fully saturated rings. The molecule has 1 unspecified atom stereocenters. The van der Waals surface area contributed by atoms with E-state index in [-0.39, 0.29) is 10.2 Å². The Hall–Kier alpha value is -3.97. The van der Waals surface area contributed by atoms with E-state index in [2.05, 4.69) is 4.72 Å². The molecule has 9 heteroatoms. The predicted molar refractivity (Wildman–Crippen MR) is 156 cm³/mol. The van der Waals surface area contributed by atoms with Gasteiger partial charge < -0.3 is 14.6 Å². The van der Waals surface area contributed by atoms with Crippen molar-refractivity contribution in [1.82, 2.24) is 4.72 Å². The molecule has 0 bridgehead atoms. The number of rotatable bonds is 10. The number of ether oxygens (including phenoxy) is 2. The molecular formula is C31H30NO6PS. The highest BCUT2D eigenvalue weighted by atomic mass is 32.2. The number of esters is 1. The van der Waals surface area contributed by atoms with Crippen LogP contribution in [-0.2, 0) is 24.3 Å². The molecule has 0 amide bonds. The maximum atomic E-state index is 13.9. The maximum absolute atomic E-state index is 13.9. The van der Waals surface area contributed by atoms with Gasteiger partial charge in [-0.2, -0.15) is 4.72 Å². The molecule has 0 aromatic heterocycles. The Balaban J connectivity index is 2.10. The molecule has 40 heavy (non-hydrogen) atoms. The molecule has 206 valence electrons. The van der Waals surface area contributed by atoms with Crippen LogP contribution < -0.4 is 25.7 Å². The molecular weight excluding hydrogens is 545 g/mol. The van der Waals surface area contributed by atoms with Gasteiger partial charge in [-0.3, -0.25) is 0 Å². The molecule has 0 spiro atoms. The van der Waals surface area contributed by atoms with E-state index in [1.165, 1.54) is 19.2 Å². The Bertz CT molecular complexity index is 1480. The second-order valence-corrected chi connectivity index (χ2v) is 14.0. The van der Waals surface area contributed by atoms with Crippen LogP contribution in [0.25, 0.3) is 0 Å². The Morgan fingerprint density at radius 2 is 1.15 bits per heavy atom. The Morgan fingerprint density at radius 3 is 1.52 bits per heavy atom. The van der Waals surface area contributed by atoms with Crippen molar-refractivity contribution in [3.05, 3.63) is 132 Å². The highest BCUT2D eigenvalue weighted by Crippen LogP contribution is 2.64. The Morgan fingerprint density at radius 1 is 0.725 bits per heavy atom. The number of aryl methyl sites for hydroxylation is 1. The molecule has 0 heterocycles. The van der Waals surface area contributed by atoms with Gasteiger partial charge >= 0.3 is 5.97 Å². The first-order chi connectivity index (χ1) is 19.3. The largest absolute Gasteiger partial charge is 0.614 e. The van der Waals surface area contributed by atoms with Crippen molar-refractivity contribution in [1.29, 1.82) is 0 Å². The molecule has 4 rings (SSSR count). The van der Waals surface area contributed by atoms with Gasteiger partial charge in [0.1, 0.15) is 28.5 Å². The Labute approximate surface area is 235 Å². The van der Waals surface area contributed by atoms with Crippen LogP contribution in [0.2, 0.25) is 0 Å². The second kappa shape index (κ2) is 12.5. The lowest BCUT2D eigenvalue weighted by Gasteiger charge is -2.34. The lowest BCUT2D eigenvalue weighted by molar-refractivity contribution is -0.354. The summed E-state index contributed by atoms with van der Waals surface area (Å²) in [6.07, 6.45) is 0. The number of benzene rings is 4. The Kier molecular flexibility index (Phi) is 9.05. The molecule has 4 aromatic carbocycles. The van der Waals surface area contributed by atoms with Gasteiger partial charge in [0.25, 0.3) is 0 Å². The normalized spacial score (nSPS) is 13.2. The van der Waals surface area contributed by atoms with Crippen molar-refractivity contribution in [2.45, 2.75) is 17.9 Å². The van der Waals surface area contributed by atoms with E-state index in [0.717, 1.165) is 28.6 Å². The minimum absolute atomic E-state index is 0.0545. The summed E-state index contributed by atoms with van der Waals surface area (Å²) in [5.74, 6) is -1.77. The molecule has 1 N–H and O–H groups in total. The van der Waals surface area contributed by atoms with Gasteiger partial charge in [0, 0.05) is 0 Å². The molecule has 4 aromatic rings. The van der Waals surface area contributed by atoms with Gasteiger partial charge in [-0.05, 0) is 62.6 Å². The summed E-state index contributed by atoms with van der Waals surface area (Å²) in [7, 11) is -5.16. The van der Waals surface area contributed by atoms with E-state index in [9.17, 15) is 18.3 Å². The van der Waals surface area contributed by atoms with Gasteiger partial charge in [-0.15, -0.1) is 0 Å². The second-order valence-electron chi connectivity index (χ2n) is 8.94. The summed E-state index contributed by atoms with van der Waals surface area (Å²) in [5.41, 5.74) is 0.868. The highest BCUT2D eigenvalue weighted by Gasteiger charge is 2.55. The molecule has 0 aliphatic carbocycles. The summed E-state index contributed by atoms with van der Waals surface area (Å²) in [4.78, 5) is 13.5. The highest BCUT2D eigenvalue weighted by molar-refractivity contribution is 7.99. The van der Waals surface area contributed by atoms with Crippen molar-refractivity contribution >= 4 is 39.2 Å². The fraction of sp³-hybridized carbons (Fsp3) is 0.129. The minimum Gasteiger partial charge on any atom is -0.614 e. The fourth-order valence-corrected chi connectivity index (χ4v) is 10.4. The van der Waals surface area contributed by atoms with Crippen LogP contribution in [0.5, 0.6) is 0 Å². The first-order valence-corrected chi connectivity index (χ1v) is 15.7. The number of methoxy groups -OCH3 is 2. The molecule has 7 nitrogen and oxygen atoms in total. The zero-order chi connectivity index (χ0) is 28.8. The number of hydrogen-bond donors (Lipinski definition) is 1. The minimum atomic E-state index is -4.29. The third kappa shape index (κ3) is 5.65. The number of nitrogens with one attached hydrogen (secondary N) is 1. The quantitative estimate of drug-likeness (QED) is 0.177. The smallest absolute Gasteiger partial charge is 0.332 e. The van der Waals surface area contributed by atoms with Gasteiger partial charge in [0.15, 0.2) is 6.04 Å². The summed E-state index contributed by atoms with van der Waals surface area (Å²) in [5, 5.41) is 16.1. The van der Waals surface area contributed by atoms with Crippen LogP contribution in [0.4, 0.5) is 0 Å². The number of carbonyl (C=O) groups is 1. The lowest BCUT2D eigenvalue weighted by Crippen LogP contribution is -2.48. The third-order valence-electron chi connectivity index (χ3n) is 6.50. The van der Waals surface area contributed by atoms with Crippen molar-refractivity contribution in [3.8, 4) is 0 Å². The van der Waals surface area contributed by atoms with Crippen molar-refractivity contribution in [2.24, 2.45) is 0 Å². The van der Waals surface area contributed by atoms with Crippen LogP contribution in [0.15, 0.2) is 131 Å². The monoisotopic (exact) mass is 575 g/mol. The first kappa shape index (κ1) is 29.0. The molecule has 1 atom stereocenters. The van der Waals surface area contributed by atoms with E-state index in [1.54, 1.807) is 12.1 Å². The van der Waals surface area contributed by atoms with E-state index in [4.69, 9.17) is 9.47 Å². The first-order valence-electron chi connectivity index (χ1n) is 12.4. The summed E-state index contributed by atoms with van der Waals surface area (Å²) in [6, 6.07) is 32.3. The molecule has 0 aliphatic rings. The number of sulfonamides is 1.